The van der Waals surface area contributed by atoms with Gasteiger partial charge in [-0.05, 0) is 36.3 Å². The molecule has 0 unspecified atom stereocenters. The highest BCUT2D eigenvalue weighted by Gasteiger charge is 2.35. The van der Waals surface area contributed by atoms with Crippen LogP contribution in [0, 0.1) is 0 Å². The number of rotatable bonds is 5. The normalized spacial score (nSPS) is 16.2. The minimum atomic E-state index is -4.61. The van der Waals surface area contributed by atoms with Gasteiger partial charge in [-0.2, -0.15) is 13.2 Å². The van der Waals surface area contributed by atoms with E-state index in [1.165, 1.54) is 12.1 Å². The minimum absolute atomic E-state index is 0.169. The lowest BCUT2D eigenvalue weighted by Crippen LogP contribution is -2.36. The SMILES string of the molecule is CC(=Cc1ccccc1)C=C1SC(=S)N(CC(=O)Nc2ccccc2C(F)(F)F)C1=O. The Labute approximate surface area is 186 Å². The number of thiocarbonyl (C=S) groups is 1. The monoisotopic (exact) mass is 462 g/mol. The quantitative estimate of drug-likeness (QED) is 0.472. The summed E-state index contributed by atoms with van der Waals surface area (Å²) in [5, 5.41) is 2.22. The third kappa shape index (κ3) is 5.83. The summed E-state index contributed by atoms with van der Waals surface area (Å²) in [6.07, 6.45) is -1.05. The Bertz CT molecular complexity index is 1080. The van der Waals surface area contributed by atoms with Crippen molar-refractivity contribution in [2.45, 2.75) is 13.1 Å². The van der Waals surface area contributed by atoms with Crippen molar-refractivity contribution in [1.82, 2.24) is 4.90 Å². The number of hydrogen-bond donors (Lipinski definition) is 1. The lowest BCUT2D eigenvalue weighted by Gasteiger charge is -2.16. The molecule has 2 amide bonds. The molecule has 4 nitrogen and oxygen atoms in total. The van der Waals surface area contributed by atoms with Crippen LogP contribution in [0.5, 0.6) is 0 Å². The molecule has 31 heavy (non-hydrogen) atoms. The molecule has 0 atom stereocenters. The van der Waals surface area contributed by atoms with Crippen LogP contribution in [0.3, 0.4) is 0 Å². The predicted molar refractivity (Wildman–Crippen MR) is 120 cm³/mol. The summed E-state index contributed by atoms with van der Waals surface area (Å²) in [7, 11) is 0. The fraction of sp³-hybridized carbons (Fsp3) is 0.136. The number of nitrogens with one attached hydrogen (secondary N) is 1. The van der Waals surface area contributed by atoms with Crippen LogP contribution in [0.25, 0.3) is 6.08 Å². The van der Waals surface area contributed by atoms with Crippen LogP contribution in [-0.2, 0) is 15.8 Å². The average molecular weight is 463 g/mol. The van der Waals surface area contributed by atoms with E-state index < -0.39 is 30.1 Å². The third-order valence-electron chi connectivity index (χ3n) is 4.23. The van der Waals surface area contributed by atoms with Gasteiger partial charge in [-0.25, -0.2) is 0 Å². The Balaban J connectivity index is 1.71. The molecule has 0 saturated carbocycles. The number of amides is 2. The second-order valence-electron chi connectivity index (χ2n) is 6.66. The molecule has 1 N–H and O–H groups in total. The first-order valence-electron chi connectivity index (χ1n) is 9.10. The van der Waals surface area contributed by atoms with Crippen molar-refractivity contribution in [1.29, 1.82) is 0 Å². The molecule has 160 valence electrons. The zero-order chi connectivity index (χ0) is 22.6. The van der Waals surface area contributed by atoms with E-state index in [1.807, 2.05) is 43.3 Å². The van der Waals surface area contributed by atoms with Crippen LogP contribution in [0.15, 0.2) is 71.2 Å². The molecule has 0 aromatic heterocycles. The van der Waals surface area contributed by atoms with Gasteiger partial charge >= 0.3 is 6.18 Å². The molecular formula is C22H17F3N2O2S2. The summed E-state index contributed by atoms with van der Waals surface area (Å²) >= 11 is 6.24. The van der Waals surface area contributed by atoms with Gasteiger partial charge in [0, 0.05) is 0 Å². The Kier molecular flexibility index (Phi) is 6.97. The fourth-order valence-electron chi connectivity index (χ4n) is 2.87. The number of hydrogen-bond acceptors (Lipinski definition) is 4. The van der Waals surface area contributed by atoms with E-state index >= 15 is 0 Å². The average Bonchev–Trinajstić information content (AvgIpc) is 2.95. The summed E-state index contributed by atoms with van der Waals surface area (Å²) in [5.41, 5.74) is 0.447. The molecule has 1 fully saturated rings. The van der Waals surface area contributed by atoms with Gasteiger partial charge in [0.15, 0.2) is 0 Å². The lowest BCUT2D eigenvalue weighted by molar-refractivity contribution is -0.137. The van der Waals surface area contributed by atoms with Crippen molar-refractivity contribution in [3.8, 4) is 0 Å². The molecule has 0 aliphatic carbocycles. The van der Waals surface area contributed by atoms with E-state index in [9.17, 15) is 22.8 Å². The van der Waals surface area contributed by atoms with Gasteiger partial charge in [0.1, 0.15) is 10.9 Å². The number of halogens is 3. The summed E-state index contributed by atoms with van der Waals surface area (Å²) in [4.78, 5) is 26.4. The predicted octanol–water partition coefficient (Wildman–Crippen LogP) is 5.49. The van der Waals surface area contributed by atoms with Crippen LogP contribution < -0.4 is 5.32 Å². The van der Waals surface area contributed by atoms with E-state index in [0.29, 0.717) is 4.91 Å². The van der Waals surface area contributed by atoms with Crippen LogP contribution in [-0.4, -0.2) is 27.6 Å². The second-order valence-corrected chi connectivity index (χ2v) is 8.33. The largest absolute Gasteiger partial charge is 0.418 e. The fourth-order valence-corrected chi connectivity index (χ4v) is 4.17. The smallest absolute Gasteiger partial charge is 0.324 e. The number of anilines is 1. The topological polar surface area (TPSA) is 49.4 Å². The van der Waals surface area contributed by atoms with E-state index in [4.69, 9.17) is 12.2 Å². The third-order valence-corrected chi connectivity index (χ3v) is 5.61. The molecule has 1 saturated heterocycles. The lowest BCUT2D eigenvalue weighted by atomic mass is 10.1. The molecule has 9 heteroatoms. The van der Waals surface area contributed by atoms with E-state index in [2.05, 4.69) is 5.32 Å². The van der Waals surface area contributed by atoms with Gasteiger partial charge in [-0.1, -0.05) is 72.5 Å². The van der Waals surface area contributed by atoms with Crippen molar-refractivity contribution < 1.29 is 22.8 Å². The molecule has 1 aliphatic heterocycles. The van der Waals surface area contributed by atoms with Crippen molar-refractivity contribution in [2.75, 3.05) is 11.9 Å². The minimum Gasteiger partial charge on any atom is -0.324 e. The molecule has 0 bridgehead atoms. The van der Waals surface area contributed by atoms with Gasteiger partial charge in [0.2, 0.25) is 5.91 Å². The summed E-state index contributed by atoms with van der Waals surface area (Å²) in [6.45, 7) is 1.36. The number of para-hydroxylation sites is 1. The van der Waals surface area contributed by atoms with Gasteiger partial charge < -0.3 is 5.32 Å². The van der Waals surface area contributed by atoms with Gasteiger partial charge in [0.05, 0.1) is 16.2 Å². The highest BCUT2D eigenvalue weighted by Crippen LogP contribution is 2.35. The van der Waals surface area contributed by atoms with Crippen molar-refractivity contribution in [3.05, 3.63) is 82.3 Å². The number of alkyl halides is 3. The zero-order valence-electron chi connectivity index (χ0n) is 16.3. The van der Waals surface area contributed by atoms with Gasteiger partial charge in [-0.3, -0.25) is 14.5 Å². The number of benzene rings is 2. The summed E-state index contributed by atoms with van der Waals surface area (Å²) in [6, 6.07) is 14.2. The number of carbonyl (C=O) groups is 2. The number of nitrogens with zero attached hydrogens (tertiary/aromatic N) is 1. The number of thioether (sulfide) groups is 1. The number of carbonyl (C=O) groups excluding carboxylic acids is 2. The van der Waals surface area contributed by atoms with Crippen molar-refractivity contribution in [2.24, 2.45) is 0 Å². The van der Waals surface area contributed by atoms with E-state index in [-0.39, 0.29) is 10.0 Å². The first-order chi connectivity index (χ1) is 14.6. The molecule has 0 radical (unpaired) electrons. The molecule has 3 rings (SSSR count). The van der Waals surface area contributed by atoms with Crippen LogP contribution in [0.1, 0.15) is 18.1 Å². The first-order valence-corrected chi connectivity index (χ1v) is 10.3. The maximum Gasteiger partial charge on any atom is 0.418 e. The highest BCUT2D eigenvalue weighted by atomic mass is 32.2. The molecule has 0 spiro atoms. The number of allylic oxidation sites excluding steroid dienone is 2. The highest BCUT2D eigenvalue weighted by molar-refractivity contribution is 8.26. The maximum atomic E-state index is 13.1. The molecule has 2 aromatic rings. The van der Waals surface area contributed by atoms with Crippen molar-refractivity contribution >= 4 is 51.9 Å². The van der Waals surface area contributed by atoms with Crippen LogP contribution >= 0.6 is 24.0 Å². The van der Waals surface area contributed by atoms with E-state index in [1.54, 1.807) is 6.08 Å². The van der Waals surface area contributed by atoms with Crippen LogP contribution in [0.4, 0.5) is 18.9 Å². The molecule has 2 aromatic carbocycles. The van der Waals surface area contributed by atoms with Gasteiger partial charge in [0.25, 0.3) is 5.91 Å². The maximum absolute atomic E-state index is 13.1. The Morgan fingerprint density at radius 3 is 2.45 bits per heavy atom. The summed E-state index contributed by atoms with van der Waals surface area (Å²) < 4.78 is 39.5. The Morgan fingerprint density at radius 2 is 1.77 bits per heavy atom. The van der Waals surface area contributed by atoms with E-state index in [0.717, 1.165) is 39.9 Å². The molecular weight excluding hydrogens is 445 g/mol. The van der Waals surface area contributed by atoms with Crippen LogP contribution in [0.2, 0.25) is 0 Å². The van der Waals surface area contributed by atoms with Crippen molar-refractivity contribution in [3.63, 3.8) is 0 Å². The summed E-state index contributed by atoms with van der Waals surface area (Å²) in [5.74, 6) is -1.24. The Hall–Kier alpha value is -2.91. The van der Waals surface area contributed by atoms with Gasteiger partial charge in [-0.15, -0.1) is 0 Å². The first kappa shape index (κ1) is 22.8. The zero-order valence-corrected chi connectivity index (χ0v) is 17.9. The Morgan fingerprint density at radius 1 is 1.13 bits per heavy atom. The standard InChI is InChI=1S/C22H17F3N2O2S2/c1-14(11-15-7-3-2-4-8-15)12-18-20(29)27(21(30)31-18)13-19(28)26-17-10-6-5-9-16(17)22(23,24)25/h2-12H,13H2,1H3,(H,26,28). The second kappa shape index (κ2) is 9.49. The molecule has 1 aliphatic rings. The molecule has 1 heterocycles.